The van der Waals surface area contributed by atoms with Crippen molar-refractivity contribution in [1.82, 2.24) is 9.97 Å². The summed E-state index contributed by atoms with van der Waals surface area (Å²) in [6.45, 7) is 8.99. The van der Waals surface area contributed by atoms with E-state index < -0.39 is 0 Å². The van der Waals surface area contributed by atoms with Crippen LogP contribution in [0.3, 0.4) is 0 Å². The molecule has 57 heavy (non-hydrogen) atoms. The first-order valence-corrected chi connectivity index (χ1v) is 21.8. The molecule has 0 radical (unpaired) electrons. The van der Waals surface area contributed by atoms with Gasteiger partial charge in [0.1, 0.15) is 0 Å². The van der Waals surface area contributed by atoms with Gasteiger partial charge in [-0.3, -0.25) is 0 Å². The molecule has 0 spiro atoms. The Labute approximate surface area is 342 Å². The zero-order chi connectivity index (χ0) is 39.6. The highest BCUT2D eigenvalue weighted by atomic mass is 14.9. The Morgan fingerprint density at radius 3 is 1.51 bits per heavy atom. The molecule has 3 heteroatoms. The van der Waals surface area contributed by atoms with E-state index in [2.05, 4.69) is 125 Å². The lowest BCUT2D eigenvalue weighted by Crippen LogP contribution is -2.25. The maximum atomic E-state index is 9.53. The maximum Gasteiger partial charge on any atom is 0.160 e. The number of aryl methyl sites for hydroxylation is 2. The number of benzene rings is 5. The summed E-state index contributed by atoms with van der Waals surface area (Å²) in [5, 5.41) is 9.53. The van der Waals surface area contributed by atoms with E-state index in [0.29, 0.717) is 11.4 Å². The molecule has 0 amide bonds. The zero-order valence-electron chi connectivity index (χ0n) is 34.7. The SMILES string of the molecule is CCCCCCCCC1(CCCCCCCC)c2cc(C)ccc2-c2ccc(-c3cc(-c4ccc(-c5ccc(C)cc5)cc4)nc(-c4ccc(C#N)cc4)n3)cc21. The molecule has 0 aliphatic heterocycles. The molecule has 6 aromatic rings. The Hall–Kier alpha value is -5.33. The fourth-order valence-electron chi connectivity index (χ4n) is 8.99. The number of unbranched alkanes of at least 4 members (excludes halogenated alkanes) is 10. The van der Waals surface area contributed by atoms with Crippen LogP contribution in [0.15, 0.2) is 115 Å². The number of aromatic nitrogens is 2. The number of nitrogens with zero attached hydrogens (tertiary/aromatic N) is 3. The average Bonchev–Trinajstić information content (AvgIpc) is 3.51. The van der Waals surface area contributed by atoms with Crippen molar-refractivity contribution in [3.8, 4) is 62.2 Å². The minimum Gasteiger partial charge on any atom is -0.228 e. The Morgan fingerprint density at radius 2 is 0.912 bits per heavy atom. The standard InChI is InChI=1S/C54H59N3/c1-5-7-9-11-13-15-33-54(34-16-14-12-10-8-6-2)49-35-40(4)19-31-47(49)48-32-30-46(36-50(48)54)52-37-51(56-53(57-52)45-24-20-41(38-55)21-25-45)44-28-26-43(27-29-44)42-22-17-39(3)18-23-42/h17-32,35-37H,5-16,33-34H2,1-4H3. The fraction of sp³-hybridized carbons (Fsp3) is 0.352. The van der Waals surface area contributed by atoms with Crippen molar-refractivity contribution in [3.05, 3.63) is 143 Å². The smallest absolute Gasteiger partial charge is 0.160 e. The van der Waals surface area contributed by atoms with Crippen LogP contribution in [0, 0.1) is 25.2 Å². The summed E-state index contributed by atoms with van der Waals surface area (Å²) in [5.41, 5.74) is 16.3. The molecule has 1 aliphatic rings. The highest BCUT2D eigenvalue weighted by Gasteiger charge is 2.42. The third-order valence-corrected chi connectivity index (χ3v) is 12.3. The lowest BCUT2D eigenvalue weighted by atomic mass is 9.70. The Bertz CT molecular complexity index is 2280. The molecule has 0 bridgehead atoms. The second-order valence-electron chi connectivity index (χ2n) is 16.5. The Balaban J connectivity index is 1.31. The van der Waals surface area contributed by atoms with Crippen LogP contribution in [0.2, 0.25) is 0 Å². The van der Waals surface area contributed by atoms with Gasteiger partial charge in [0, 0.05) is 22.1 Å². The Morgan fingerprint density at radius 1 is 0.456 bits per heavy atom. The predicted octanol–water partition coefficient (Wildman–Crippen LogP) is 15.4. The van der Waals surface area contributed by atoms with E-state index in [1.807, 2.05) is 24.3 Å². The minimum atomic E-state index is -0.0141. The van der Waals surface area contributed by atoms with Gasteiger partial charge < -0.3 is 0 Å². The lowest BCUT2D eigenvalue weighted by molar-refractivity contribution is 0.398. The van der Waals surface area contributed by atoms with Crippen molar-refractivity contribution in [2.24, 2.45) is 0 Å². The quantitative estimate of drug-likeness (QED) is 0.0822. The molecule has 0 N–H and O–H groups in total. The highest BCUT2D eigenvalue weighted by molar-refractivity contribution is 5.84. The van der Waals surface area contributed by atoms with Gasteiger partial charge in [0.25, 0.3) is 0 Å². The minimum absolute atomic E-state index is 0.0141. The van der Waals surface area contributed by atoms with Crippen LogP contribution in [-0.2, 0) is 5.41 Å². The molecule has 290 valence electrons. The van der Waals surface area contributed by atoms with Crippen LogP contribution >= 0.6 is 0 Å². The summed E-state index contributed by atoms with van der Waals surface area (Å²) in [6, 6.07) is 43.9. The number of rotatable bonds is 18. The van der Waals surface area contributed by atoms with Gasteiger partial charge in [0.15, 0.2) is 5.82 Å². The topological polar surface area (TPSA) is 49.6 Å². The molecule has 0 saturated heterocycles. The average molecular weight is 750 g/mol. The van der Waals surface area contributed by atoms with Crippen molar-refractivity contribution >= 4 is 0 Å². The van der Waals surface area contributed by atoms with Crippen LogP contribution in [-0.4, -0.2) is 9.97 Å². The normalized spacial score (nSPS) is 12.6. The van der Waals surface area contributed by atoms with Crippen molar-refractivity contribution < 1.29 is 0 Å². The summed E-state index contributed by atoms with van der Waals surface area (Å²) < 4.78 is 0. The molecule has 0 unspecified atom stereocenters. The van der Waals surface area contributed by atoms with Crippen molar-refractivity contribution in [3.63, 3.8) is 0 Å². The molecular formula is C54H59N3. The molecule has 1 aliphatic carbocycles. The van der Waals surface area contributed by atoms with Crippen molar-refractivity contribution in [2.75, 3.05) is 0 Å². The molecule has 0 saturated carbocycles. The molecule has 5 aromatic carbocycles. The van der Waals surface area contributed by atoms with E-state index in [1.54, 1.807) is 0 Å². The van der Waals surface area contributed by atoms with E-state index in [0.717, 1.165) is 28.1 Å². The molecular weight excluding hydrogens is 691 g/mol. The van der Waals surface area contributed by atoms with Crippen LogP contribution in [0.1, 0.15) is 132 Å². The fourth-order valence-corrected chi connectivity index (χ4v) is 8.99. The molecule has 3 nitrogen and oxygen atoms in total. The zero-order valence-corrected chi connectivity index (χ0v) is 34.7. The summed E-state index contributed by atoms with van der Waals surface area (Å²) in [7, 11) is 0. The highest BCUT2D eigenvalue weighted by Crippen LogP contribution is 2.55. The van der Waals surface area contributed by atoms with Crippen LogP contribution < -0.4 is 0 Å². The summed E-state index contributed by atoms with van der Waals surface area (Å²) in [4.78, 5) is 10.4. The van der Waals surface area contributed by atoms with Gasteiger partial charge in [-0.25, -0.2) is 9.97 Å². The van der Waals surface area contributed by atoms with E-state index >= 15 is 0 Å². The van der Waals surface area contributed by atoms with E-state index in [9.17, 15) is 5.26 Å². The van der Waals surface area contributed by atoms with E-state index in [1.165, 1.54) is 134 Å². The number of hydrogen-bond donors (Lipinski definition) is 0. The van der Waals surface area contributed by atoms with Gasteiger partial charge in [-0.15, -0.1) is 0 Å². The molecule has 0 fully saturated rings. The first kappa shape index (κ1) is 39.9. The third kappa shape index (κ3) is 9.13. The summed E-state index contributed by atoms with van der Waals surface area (Å²) >= 11 is 0. The number of hydrogen-bond acceptors (Lipinski definition) is 3. The monoisotopic (exact) mass is 749 g/mol. The first-order valence-electron chi connectivity index (χ1n) is 21.8. The molecule has 0 atom stereocenters. The van der Waals surface area contributed by atoms with Crippen LogP contribution in [0.25, 0.3) is 56.2 Å². The van der Waals surface area contributed by atoms with Crippen molar-refractivity contribution in [2.45, 2.75) is 123 Å². The number of fused-ring (bicyclic) bond motifs is 3. The van der Waals surface area contributed by atoms with Gasteiger partial charge in [0.05, 0.1) is 23.0 Å². The first-order chi connectivity index (χ1) is 27.9. The maximum absolute atomic E-state index is 9.53. The van der Waals surface area contributed by atoms with Gasteiger partial charge in [-0.1, -0.05) is 181 Å². The largest absolute Gasteiger partial charge is 0.228 e. The van der Waals surface area contributed by atoms with E-state index in [-0.39, 0.29) is 5.41 Å². The third-order valence-electron chi connectivity index (χ3n) is 12.3. The van der Waals surface area contributed by atoms with E-state index in [4.69, 9.17) is 9.97 Å². The van der Waals surface area contributed by atoms with Crippen LogP contribution in [0.4, 0.5) is 0 Å². The van der Waals surface area contributed by atoms with Gasteiger partial charge >= 0.3 is 0 Å². The number of nitriles is 1. The predicted molar refractivity (Wildman–Crippen MR) is 240 cm³/mol. The second kappa shape index (κ2) is 18.7. The van der Waals surface area contributed by atoms with Gasteiger partial charge in [0.2, 0.25) is 0 Å². The lowest BCUT2D eigenvalue weighted by Gasteiger charge is -2.33. The summed E-state index contributed by atoms with van der Waals surface area (Å²) in [6.07, 6.45) is 18.0. The Kier molecular flexibility index (Phi) is 13.1. The van der Waals surface area contributed by atoms with Gasteiger partial charge in [-0.05, 0) is 96.5 Å². The molecule has 1 aromatic heterocycles. The van der Waals surface area contributed by atoms with Crippen molar-refractivity contribution in [1.29, 1.82) is 5.26 Å². The second-order valence-corrected chi connectivity index (χ2v) is 16.5. The molecule has 7 rings (SSSR count). The molecule has 1 heterocycles. The summed E-state index contributed by atoms with van der Waals surface area (Å²) in [5.74, 6) is 0.666. The van der Waals surface area contributed by atoms with Gasteiger partial charge in [-0.2, -0.15) is 5.26 Å². The van der Waals surface area contributed by atoms with Crippen LogP contribution in [0.5, 0.6) is 0 Å².